The molecular weight excluding hydrogens is 301 g/mol. The van der Waals surface area contributed by atoms with Crippen molar-refractivity contribution in [3.05, 3.63) is 28.8 Å². The highest BCUT2D eigenvalue weighted by atomic mass is 32.3. The number of halogens is 1. The molecule has 1 aromatic rings. The van der Waals surface area contributed by atoms with Crippen LogP contribution in [0.25, 0.3) is 0 Å². The molecule has 1 heterocycles. The zero-order valence-corrected chi connectivity index (χ0v) is 12.3. The summed E-state index contributed by atoms with van der Waals surface area (Å²) in [5, 5.41) is 7.67. The number of rotatable bonds is 3. The summed E-state index contributed by atoms with van der Waals surface area (Å²) in [7, 11) is -4.78. The van der Waals surface area contributed by atoms with Gasteiger partial charge in [0.1, 0.15) is 5.25 Å². The molecule has 1 fully saturated rings. The predicted octanol–water partition coefficient (Wildman–Crippen LogP) is 1.41. The number of hydrogen-bond donors (Lipinski definition) is 1. The molecule has 0 radical (unpaired) electrons. The molecule has 1 saturated heterocycles. The smallest absolute Gasteiger partial charge is 0.335 e. The number of carboxylic acid groups (broad SMARTS) is 1. The lowest BCUT2D eigenvalue weighted by Crippen LogP contribution is -2.28. The van der Waals surface area contributed by atoms with Crippen molar-refractivity contribution in [3.8, 4) is 0 Å². The number of anilines is 1. The Balaban J connectivity index is 2.42. The number of hydrogen-bond acceptors (Lipinski definition) is 4. The molecule has 0 aliphatic carbocycles. The molecule has 0 bridgehead atoms. The fraction of sp³-hybridized carbons (Fsp3) is 0.385. The molecule has 1 aliphatic rings. The van der Waals surface area contributed by atoms with Crippen molar-refractivity contribution >= 4 is 27.8 Å². The van der Waals surface area contributed by atoms with Crippen molar-refractivity contribution in [1.82, 2.24) is 0 Å². The van der Waals surface area contributed by atoms with E-state index < -0.39 is 33.8 Å². The quantitative estimate of drug-likeness (QED) is 0.851. The zero-order chi connectivity index (χ0) is 15.9. The molecule has 1 amide bonds. The number of nitrogens with zero attached hydrogens (tertiary/aromatic N) is 1. The molecule has 1 N–H and O–H groups in total. The summed E-state index contributed by atoms with van der Waals surface area (Å²) in [4.78, 5) is 24.1. The van der Waals surface area contributed by atoms with Crippen LogP contribution < -0.4 is 4.90 Å². The van der Waals surface area contributed by atoms with Crippen LogP contribution in [0.3, 0.4) is 0 Å². The first-order chi connectivity index (χ1) is 9.62. The fourth-order valence-corrected chi connectivity index (χ4v) is 3.10. The SMILES string of the molecule is Cc1c(C(=O)O)ccc(N2CC(S(=O)(=O)F)CC2=O)c1C. The van der Waals surface area contributed by atoms with Gasteiger partial charge < -0.3 is 10.0 Å². The van der Waals surface area contributed by atoms with Crippen LogP contribution in [0.5, 0.6) is 0 Å². The van der Waals surface area contributed by atoms with Crippen molar-refractivity contribution < 1.29 is 27.0 Å². The zero-order valence-electron chi connectivity index (χ0n) is 11.5. The minimum absolute atomic E-state index is 0.109. The van der Waals surface area contributed by atoms with Crippen LogP contribution in [0.4, 0.5) is 9.57 Å². The molecule has 1 aromatic carbocycles. The van der Waals surface area contributed by atoms with Crippen molar-refractivity contribution in [3.63, 3.8) is 0 Å². The number of amides is 1. The molecule has 21 heavy (non-hydrogen) atoms. The van der Waals surface area contributed by atoms with Gasteiger partial charge in [-0.3, -0.25) is 4.79 Å². The van der Waals surface area contributed by atoms with E-state index in [0.29, 0.717) is 16.8 Å². The minimum atomic E-state index is -4.78. The summed E-state index contributed by atoms with van der Waals surface area (Å²) in [5.41, 5.74) is 1.56. The molecule has 1 atom stereocenters. The van der Waals surface area contributed by atoms with E-state index in [1.165, 1.54) is 17.0 Å². The molecule has 2 rings (SSSR count). The molecular formula is C13H14FNO5S. The van der Waals surface area contributed by atoms with Crippen LogP contribution in [0.15, 0.2) is 12.1 Å². The van der Waals surface area contributed by atoms with Gasteiger partial charge in [0, 0.05) is 18.7 Å². The first-order valence-electron chi connectivity index (χ1n) is 6.20. The maximum atomic E-state index is 13.0. The topological polar surface area (TPSA) is 91.8 Å². The van der Waals surface area contributed by atoms with Gasteiger partial charge in [0.05, 0.1) is 5.56 Å². The Hall–Kier alpha value is -1.96. The van der Waals surface area contributed by atoms with Gasteiger partial charge in [-0.25, -0.2) is 4.79 Å². The van der Waals surface area contributed by atoms with Gasteiger partial charge >= 0.3 is 16.2 Å². The van der Waals surface area contributed by atoms with Crippen LogP contribution in [0.2, 0.25) is 0 Å². The first-order valence-corrected chi connectivity index (χ1v) is 7.65. The van der Waals surface area contributed by atoms with E-state index >= 15 is 0 Å². The molecule has 0 saturated carbocycles. The molecule has 1 unspecified atom stereocenters. The molecule has 114 valence electrons. The lowest BCUT2D eigenvalue weighted by atomic mass is 10.0. The van der Waals surface area contributed by atoms with Crippen molar-refractivity contribution in [2.24, 2.45) is 0 Å². The molecule has 1 aliphatic heterocycles. The van der Waals surface area contributed by atoms with Gasteiger partial charge in [0.15, 0.2) is 0 Å². The Bertz CT molecular complexity index is 728. The van der Waals surface area contributed by atoms with Gasteiger partial charge in [0.2, 0.25) is 5.91 Å². The maximum Gasteiger partial charge on any atom is 0.335 e. The summed E-state index contributed by atoms with van der Waals surface area (Å²) in [5.74, 6) is -1.58. The van der Waals surface area contributed by atoms with E-state index in [4.69, 9.17) is 5.11 Å². The first kappa shape index (κ1) is 15.4. The molecule has 8 heteroatoms. The third kappa shape index (κ3) is 2.76. The predicted molar refractivity (Wildman–Crippen MR) is 73.7 cm³/mol. The largest absolute Gasteiger partial charge is 0.478 e. The van der Waals surface area contributed by atoms with Crippen molar-refractivity contribution in [2.75, 3.05) is 11.4 Å². The average molecular weight is 315 g/mol. The lowest BCUT2D eigenvalue weighted by molar-refractivity contribution is -0.117. The second kappa shape index (κ2) is 5.10. The van der Waals surface area contributed by atoms with E-state index in [1.807, 2.05) is 0 Å². The molecule has 6 nitrogen and oxygen atoms in total. The summed E-state index contributed by atoms with van der Waals surface area (Å²) in [6.07, 6.45) is -0.405. The number of carbonyl (C=O) groups is 2. The van der Waals surface area contributed by atoms with Gasteiger partial charge in [-0.15, -0.1) is 3.89 Å². The standard InChI is InChI=1S/C13H14FNO5S/c1-7-8(2)11(4-3-10(7)13(17)18)15-6-9(5-12(15)16)21(14,19)20/h3-4,9H,5-6H2,1-2H3,(H,17,18). The number of carboxylic acids is 1. The molecule has 0 spiro atoms. The maximum absolute atomic E-state index is 13.0. The van der Waals surface area contributed by atoms with Crippen molar-refractivity contribution in [1.29, 1.82) is 0 Å². The molecule has 0 aromatic heterocycles. The van der Waals surface area contributed by atoms with Crippen LogP contribution in [-0.2, 0) is 15.0 Å². The van der Waals surface area contributed by atoms with Crippen LogP contribution in [-0.4, -0.2) is 37.2 Å². The highest BCUT2D eigenvalue weighted by molar-refractivity contribution is 7.87. The second-order valence-electron chi connectivity index (χ2n) is 4.99. The monoisotopic (exact) mass is 315 g/mol. The summed E-state index contributed by atoms with van der Waals surface area (Å²) in [6.45, 7) is 2.98. The van der Waals surface area contributed by atoms with Gasteiger partial charge in [-0.05, 0) is 37.1 Å². The Labute approximate surface area is 121 Å². The second-order valence-corrected chi connectivity index (χ2v) is 6.61. The van der Waals surface area contributed by atoms with E-state index in [1.54, 1.807) is 13.8 Å². The van der Waals surface area contributed by atoms with Crippen molar-refractivity contribution in [2.45, 2.75) is 25.5 Å². The van der Waals surface area contributed by atoms with E-state index in [9.17, 15) is 21.9 Å². The highest BCUT2D eigenvalue weighted by Crippen LogP contribution is 2.31. The summed E-state index contributed by atoms with van der Waals surface area (Å²) < 4.78 is 34.9. The Morgan fingerprint density at radius 3 is 2.43 bits per heavy atom. The number of carbonyl (C=O) groups excluding carboxylic acids is 1. The van der Waals surface area contributed by atoms with Crippen LogP contribution >= 0.6 is 0 Å². The Kier molecular flexibility index (Phi) is 3.75. The normalized spacial score (nSPS) is 19.1. The van der Waals surface area contributed by atoms with Crippen LogP contribution in [0.1, 0.15) is 27.9 Å². The van der Waals surface area contributed by atoms with Gasteiger partial charge in [-0.2, -0.15) is 8.42 Å². The van der Waals surface area contributed by atoms with E-state index in [0.717, 1.165) is 0 Å². The number of benzene rings is 1. The van der Waals surface area contributed by atoms with Gasteiger partial charge in [0.25, 0.3) is 0 Å². The van der Waals surface area contributed by atoms with Gasteiger partial charge in [-0.1, -0.05) is 0 Å². The Morgan fingerprint density at radius 2 is 1.95 bits per heavy atom. The lowest BCUT2D eigenvalue weighted by Gasteiger charge is -2.20. The average Bonchev–Trinajstić information content (AvgIpc) is 2.74. The van der Waals surface area contributed by atoms with Crippen LogP contribution in [0, 0.1) is 13.8 Å². The summed E-state index contributed by atoms with van der Waals surface area (Å²) >= 11 is 0. The third-order valence-electron chi connectivity index (χ3n) is 3.77. The number of aromatic carboxylic acids is 1. The minimum Gasteiger partial charge on any atom is -0.478 e. The summed E-state index contributed by atoms with van der Waals surface area (Å²) in [6, 6.07) is 2.79. The fourth-order valence-electron chi connectivity index (χ4n) is 2.43. The van der Waals surface area contributed by atoms with E-state index in [-0.39, 0.29) is 12.1 Å². The Morgan fingerprint density at radius 1 is 1.33 bits per heavy atom. The third-order valence-corrected chi connectivity index (χ3v) is 4.88. The van der Waals surface area contributed by atoms with E-state index in [2.05, 4.69) is 0 Å². The highest BCUT2D eigenvalue weighted by Gasteiger charge is 2.39.